The Hall–Kier alpha value is -4.62. The summed E-state index contributed by atoms with van der Waals surface area (Å²) in [6, 6.07) is 32.1. The van der Waals surface area contributed by atoms with Gasteiger partial charge in [-0.25, -0.2) is 26.8 Å². The van der Waals surface area contributed by atoms with Crippen LogP contribution in [0.5, 0.6) is 0 Å². The van der Waals surface area contributed by atoms with Crippen molar-refractivity contribution in [1.29, 1.82) is 0 Å². The van der Waals surface area contributed by atoms with E-state index in [9.17, 15) is 16.8 Å². The van der Waals surface area contributed by atoms with Crippen LogP contribution in [0.15, 0.2) is 109 Å². The Kier molecular flexibility index (Phi) is 8.64. The van der Waals surface area contributed by atoms with E-state index >= 15 is 0 Å². The van der Waals surface area contributed by atoms with E-state index in [0.29, 0.717) is 24.7 Å². The van der Waals surface area contributed by atoms with Crippen molar-refractivity contribution in [1.82, 2.24) is 28.5 Å². The van der Waals surface area contributed by atoms with Crippen LogP contribution in [-0.2, 0) is 31.6 Å². The van der Waals surface area contributed by atoms with Crippen molar-refractivity contribution in [2.45, 2.75) is 49.3 Å². The fourth-order valence-electron chi connectivity index (χ4n) is 7.29. The van der Waals surface area contributed by atoms with Gasteiger partial charge in [-0.3, -0.25) is 0 Å². The summed E-state index contributed by atoms with van der Waals surface area (Å²) < 4.78 is 56.7. The van der Waals surface area contributed by atoms with Crippen LogP contribution in [0.3, 0.4) is 0 Å². The summed E-state index contributed by atoms with van der Waals surface area (Å²) in [5.41, 5.74) is 7.01. The summed E-state index contributed by atoms with van der Waals surface area (Å²) in [5, 5.41) is 0. The van der Waals surface area contributed by atoms with Crippen molar-refractivity contribution in [3.8, 4) is 22.4 Å². The van der Waals surface area contributed by atoms with Crippen molar-refractivity contribution in [3.63, 3.8) is 0 Å². The predicted molar refractivity (Wildman–Crippen MR) is 195 cm³/mol. The number of aromatic nitrogens is 4. The van der Waals surface area contributed by atoms with Gasteiger partial charge in [0, 0.05) is 13.1 Å². The Morgan fingerprint density at radius 1 is 0.620 bits per heavy atom. The van der Waals surface area contributed by atoms with Gasteiger partial charge in [-0.2, -0.15) is 8.61 Å². The largest absolute Gasteiger partial charge is 0.341 e. The van der Waals surface area contributed by atoms with Crippen molar-refractivity contribution in [2.75, 3.05) is 13.1 Å². The molecule has 10 nitrogen and oxygen atoms in total. The smallest absolute Gasteiger partial charge is 0.218 e. The molecule has 50 heavy (non-hydrogen) atoms. The first-order chi connectivity index (χ1) is 24.2. The second-order valence-corrected chi connectivity index (χ2v) is 17.0. The van der Waals surface area contributed by atoms with E-state index in [1.807, 2.05) is 84.9 Å². The van der Waals surface area contributed by atoms with Crippen molar-refractivity contribution in [2.24, 2.45) is 0 Å². The zero-order valence-corrected chi connectivity index (χ0v) is 29.1. The lowest BCUT2D eigenvalue weighted by Gasteiger charge is -2.22. The number of hydrogen-bond donors (Lipinski definition) is 2. The molecule has 2 atom stereocenters. The molecule has 0 amide bonds. The van der Waals surface area contributed by atoms with Gasteiger partial charge < -0.3 is 9.97 Å². The number of H-pyrrole nitrogens is 2. The molecule has 2 aromatic heterocycles. The maximum atomic E-state index is 13.4. The minimum Gasteiger partial charge on any atom is -0.341 e. The van der Waals surface area contributed by atoms with Crippen molar-refractivity contribution in [3.05, 3.63) is 132 Å². The molecule has 12 heteroatoms. The molecule has 8 rings (SSSR count). The first-order valence-electron chi connectivity index (χ1n) is 17.0. The maximum Gasteiger partial charge on any atom is 0.218 e. The molecular weight excluding hydrogens is 669 g/mol. The average molecular weight is 707 g/mol. The number of fused-ring (bicyclic) bond motifs is 1. The third-order valence-corrected chi connectivity index (χ3v) is 13.5. The molecule has 0 saturated carbocycles. The molecule has 2 N–H and O–H groups in total. The van der Waals surface area contributed by atoms with Crippen LogP contribution < -0.4 is 0 Å². The number of aromatic amines is 2. The second-order valence-electron chi connectivity index (χ2n) is 13.1. The lowest BCUT2D eigenvalue weighted by atomic mass is 10.0. The predicted octanol–water partition coefficient (Wildman–Crippen LogP) is 6.95. The van der Waals surface area contributed by atoms with Crippen LogP contribution in [-0.4, -0.2) is 58.5 Å². The van der Waals surface area contributed by atoms with Crippen LogP contribution in [0.2, 0.25) is 0 Å². The molecule has 2 saturated heterocycles. The quantitative estimate of drug-likeness (QED) is 0.158. The number of nitrogens with zero attached hydrogens (tertiary/aromatic N) is 4. The van der Waals surface area contributed by atoms with Gasteiger partial charge in [0.2, 0.25) is 20.0 Å². The van der Waals surface area contributed by atoms with E-state index in [1.54, 1.807) is 14.8 Å². The van der Waals surface area contributed by atoms with E-state index in [1.165, 1.54) is 0 Å². The zero-order valence-electron chi connectivity index (χ0n) is 27.4. The van der Waals surface area contributed by atoms with Crippen molar-refractivity contribution >= 4 is 31.1 Å². The van der Waals surface area contributed by atoms with E-state index in [2.05, 4.69) is 33.2 Å². The van der Waals surface area contributed by atoms with Crippen LogP contribution in [0.1, 0.15) is 60.5 Å². The molecule has 2 fully saturated rings. The van der Waals surface area contributed by atoms with E-state index < -0.39 is 20.0 Å². The second kappa shape index (κ2) is 13.3. The molecule has 2 aliphatic rings. The minimum absolute atomic E-state index is 0.0271. The standard InChI is InChI=1S/C38H38N6O4S2/c45-49(46,25-27-9-3-1-4-10-27)43-21-7-13-35(43)37-39-24-34(42-37)30-17-15-29(16-18-30)31-19-20-32-33(23-31)41-38(40-32)36-14-8-22-44(36)50(47,48)26-28-11-5-2-6-12-28/h1-6,9-12,15-20,23-24,35-36H,7-8,13-14,21-22,25-26H2,(H,39,42)(H,40,41)/t35-,36-/m0/s1. The Morgan fingerprint density at radius 3 is 1.76 bits per heavy atom. The van der Waals surface area contributed by atoms with Gasteiger partial charge in [-0.05, 0) is 65.6 Å². The molecule has 2 aliphatic heterocycles. The SMILES string of the molecule is O=S(=O)(Cc1ccccc1)N1CCC[C@H]1c1ncc(-c2ccc(-c3ccc4nc([C@@H]5CCCN5S(=O)(=O)Cc5ccccc5)[nH]c4c3)cc2)[nH]1. The van der Waals surface area contributed by atoms with Gasteiger partial charge >= 0.3 is 0 Å². The fraction of sp³-hybridized carbons (Fsp3) is 0.263. The van der Waals surface area contributed by atoms with Gasteiger partial charge in [0.05, 0.1) is 46.5 Å². The summed E-state index contributed by atoms with van der Waals surface area (Å²) in [4.78, 5) is 16.3. The molecule has 0 spiro atoms. The number of nitrogens with one attached hydrogen (secondary N) is 2. The van der Waals surface area contributed by atoms with Crippen LogP contribution in [0.25, 0.3) is 33.4 Å². The number of imidazole rings is 2. The van der Waals surface area contributed by atoms with Gasteiger partial charge in [0.25, 0.3) is 0 Å². The van der Waals surface area contributed by atoms with Gasteiger partial charge in [0.15, 0.2) is 0 Å². The molecule has 0 aliphatic carbocycles. The van der Waals surface area contributed by atoms with E-state index in [0.717, 1.165) is 70.2 Å². The Bertz CT molecular complexity index is 2340. The highest BCUT2D eigenvalue weighted by atomic mass is 32.2. The first-order valence-corrected chi connectivity index (χ1v) is 20.2. The Labute approximate surface area is 292 Å². The summed E-state index contributed by atoms with van der Waals surface area (Å²) in [6.07, 6.45) is 4.80. The monoisotopic (exact) mass is 706 g/mol. The average Bonchev–Trinajstić information content (AvgIpc) is 3.94. The molecule has 256 valence electrons. The summed E-state index contributed by atoms with van der Waals surface area (Å²) in [5.74, 6) is 1.28. The highest BCUT2D eigenvalue weighted by Crippen LogP contribution is 2.37. The lowest BCUT2D eigenvalue weighted by Crippen LogP contribution is -2.32. The highest BCUT2D eigenvalue weighted by molar-refractivity contribution is 7.88. The maximum absolute atomic E-state index is 13.4. The molecule has 0 bridgehead atoms. The number of hydrogen-bond acceptors (Lipinski definition) is 6. The van der Waals surface area contributed by atoms with E-state index in [-0.39, 0.29) is 23.6 Å². The number of sulfonamides is 2. The summed E-state index contributed by atoms with van der Waals surface area (Å²) in [6.45, 7) is 0.970. The van der Waals surface area contributed by atoms with Crippen LogP contribution in [0.4, 0.5) is 0 Å². The third kappa shape index (κ3) is 6.51. The molecule has 0 unspecified atom stereocenters. The molecule has 0 radical (unpaired) electrons. The number of rotatable bonds is 10. The highest BCUT2D eigenvalue weighted by Gasteiger charge is 2.38. The summed E-state index contributed by atoms with van der Waals surface area (Å²) in [7, 11) is -7.02. The van der Waals surface area contributed by atoms with Gasteiger partial charge in [-0.1, -0.05) is 91.0 Å². The molecule has 6 aromatic rings. The fourth-order valence-corrected chi connectivity index (χ4v) is 10.8. The third-order valence-electron chi connectivity index (χ3n) is 9.76. The molecule has 4 aromatic carbocycles. The topological polar surface area (TPSA) is 132 Å². The Balaban J connectivity index is 0.977. The zero-order chi connectivity index (χ0) is 34.3. The van der Waals surface area contributed by atoms with Gasteiger partial charge in [-0.15, -0.1) is 0 Å². The summed E-state index contributed by atoms with van der Waals surface area (Å²) >= 11 is 0. The van der Waals surface area contributed by atoms with Crippen molar-refractivity contribution < 1.29 is 16.8 Å². The molecular formula is C38H38N6O4S2. The normalized spacial score (nSPS) is 19.0. The molecule has 4 heterocycles. The van der Waals surface area contributed by atoms with Crippen LogP contribution >= 0.6 is 0 Å². The number of benzene rings is 4. The van der Waals surface area contributed by atoms with Gasteiger partial charge in [0.1, 0.15) is 11.6 Å². The first kappa shape index (κ1) is 32.6. The van der Waals surface area contributed by atoms with E-state index in [4.69, 9.17) is 4.98 Å². The lowest BCUT2D eigenvalue weighted by molar-refractivity contribution is 0.384. The minimum atomic E-state index is -3.51. The Morgan fingerprint density at radius 2 is 1.16 bits per heavy atom. The van der Waals surface area contributed by atoms with Crippen LogP contribution in [0, 0.1) is 0 Å².